The predicted molar refractivity (Wildman–Crippen MR) is 100 cm³/mol. The van der Waals surface area contributed by atoms with Gasteiger partial charge in [0.2, 0.25) is 11.8 Å². The Labute approximate surface area is 167 Å². The van der Waals surface area contributed by atoms with E-state index >= 15 is 0 Å². The molecule has 0 bridgehead atoms. The van der Waals surface area contributed by atoms with Crippen LogP contribution in [0.2, 0.25) is 0 Å². The van der Waals surface area contributed by atoms with Gasteiger partial charge >= 0.3 is 6.18 Å². The number of thiophene rings is 1. The fourth-order valence-corrected chi connectivity index (χ4v) is 3.47. The van der Waals surface area contributed by atoms with Crippen LogP contribution in [-0.4, -0.2) is 26.6 Å². The second-order valence-electron chi connectivity index (χ2n) is 6.09. The number of hydrogen-bond donors (Lipinski definition) is 2. The molecule has 0 radical (unpaired) electrons. The SMILES string of the molecule is CC(=O)N[C@H](CC(=O)Nc1cc(C(F)(F)F)ccc1-n1cncn1)c1cccs1. The third-order valence-corrected chi connectivity index (χ3v) is 4.90. The molecule has 0 fully saturated rings. The molecule has 0 aliphatic heterocycles. The fraction of sp³-hybridized carbons (Fsp3) is 0.222. The van der Waals surface area contributed by atoms with E-state index in [1.807, 2.05) is 0 Å². The van der Waals surface area contributed by atoms with E-state index in [0.717, 1.165) is 17.0 Å². The van der Waals surface area contributed by atoms with Crippen molar-refractivity contribution >= 4 is 28.8 Å². The molecule has 2 heterocycles. The predicted octanol–water partition coefficient (Wildman–Crippen LogP) is 3.55. The molecule has 0 aliphatic carbocycles. The Balaban J connectivity index is 1.87. The molecule has 0 unspecified atom stereocenters. The number of nitrogens with zero attached hydrogens (tertiary/aromatic N) is 3. The Morgan fingerprint density at radius 3 is 2.66 bits per heavy atom. The maximum absolute atomic E-state index is 13.1. The summed E-state index contributed by atoms with van der Waals surface area (Å²) in [5.41, 5.74) is -0.743. The Morgan fingerprint density at radius 1 is 1.28 bits per heavy atom. The number of rotatable bonds is 6. The van der Waals surface area contributed by atoms with Crippen molar-refractivity contribution in [3.05, 3.63) is 58.8 Å². The van der Waals surface area contributed by atoms with E-state index in [2.05, 4.69) is 20.7 Å². The molecule has 2 aromatic heterocycles. The topological polar surface area (TPSA) is 88.9 Å². The zero-order valence-corrected chi connectivity index (χ0v) is 15.9. The number of hydrogen-bond acceptors (Lipinski definition) is 5. The normalized spacial score (nSPS) is 12.4. The summed E-state index contributed by atoms with van der Waals surface area (Å²) < 4.78 is 40.6. The number of carbonyl (C=O) groups is 2. The molecule has 0 aliphatic rings. The molecular weight excluding hydrogens is 407 g/mol. The first-order valence-electron chi connectivity index (χ1n) is 8.40. The van der Waals surface area contributed by atoms with Gasteiger partial charge < -0.3 is 10.6 Å². The van der Waals surface area contributed by atoms with E-state index < -0.39 is 23.7 Å². The summed E-state index contributed by atoms with van der Waals surface area (Å²) in [6, 6.07) is 5.91. The monoisotopic (exact) mass is 423 g/mol. The summed E-state index contributed by atoms with van der Waals surface area (Å²) >= 11 is 1.36. The third-order valence-electron chi connectivity index (χ3n) is 3.92. The minimum absolute atomic E-state index is 0.0666. The number of nitrogens with one attached hydrogen (secondary N) is 2. The quantitative estimate of drug-likeness (QED) is 0.635. The first-order valence-corrected chi connectivity index (χ1v) is 9.28. The van der Waals surface area contributed by atoms with Crippen molar-refractivity contribution in [2.45, 2.75) is 25.6 Å². The van der Waals surface area contributed by atoms with Gasteiger partial charge in [0, 0.05) is 11.8 Å². The Bertz CT molecular complexity index is 988. The molecule has 0 spiro atoms. The van der Waals surface area contributed by atoms with Gasteiger partial charge in [-0.3, -0.25) is 9.59 Å². The second-order valence-corrected chi connectivity index (χ2v) is 7.07. The number of anilines is 1. The van der Waals surface area contributed by atoms with Crippen molar-refractivity contribution in [2.24, 2.45) is 0 Å². The Hall–Kier alpha value is -3.21. The highest BCUT2D eigenvalue weighted by Crippen LogP contribution is 2.33. The second kappa shape index (κ2) is 8.43. The van der Waals surface area contributed by atoms with Crippen molar-refractivity contribution < 1.29 is 22.8 Å². The summed E-state index contributed by atoms with van der Waals surface area (Å²) in [5, 5.41) is 10.9. The summed E-state index contributed by atoms with van der Waals surface area (Å²) in [4.78, 5) is 28.6. The summed E-state index contributed by atoms with van der Waals surface area (Å²) in [6.07, 6.45) is -2.18. The average molecular weight is 423 g/mol. The van der Waals surface area contributed by atoms with Gasteiger partial charge in [-0.05, 0) is 29.6 Å². The molecule has 3 aromatic rings. The molecule has 1 aromatic carbocycles. The number of aromatic nitrogens is 3. The van der Waals surface area contributed by atoms with E-state index in [-0.39, 0.29) is 23.7 Å². The minimum atomic E-state index is -4.57. The van der Waals surface area contributed by atoms with Crippen molar-refractivity contribution in [2.75, 3.05) is 5.32 Å². The smallest absolute Gasteiger partial charge is 0.348 e. The molecule has 2 amide bonds. The lowest BCUT2D eigenvalue weighted by Gasteiger charge is -2.18. The van der Waals surface area contributed by atoms with Crippen molar-refractivity contribution in [3.8, 4) is 5.69 Å². The van der Waals surface area contributed by atoms with Crippen molar-refractivity contribution in [1.82, 2.24) is 20.1 Å². The van der Waals surface area contributed by atoms with Crippen LogP contribution in [0.25, 0.3) is 5.69 Å². The standard InChI is InChI=1S/C18H16F3N5O2S/c1-11(27)24-14(16-3-2-6-29-16)8-17(28)25-13-7-12(18(19,20)21)4-5-15(13)26-10-22-9-23-26/h2-7,9-10,14H,8H2,1H3,(H,24,27)(H,25,28)/t14-/m1/s1. The van der Waals surface area contributed by atoms with Gasteiger partial charge in [0.1, 0.15) is 12.7 Å². The van der Waals surface area contributed by atoms with Crippen LogP contribution in [0, 0.1) is 0 Å². The van der Waals surface area contributed by atoms with E-state index in [0.29, 0.717) is 0 Å². The maximum Gasteiger partial charge on any atom is 0.416 e. The molecular formula is C18H16F3N5O2S. The van der Waals surface area contributed by atoms with E-state index in [9.17, 15) is 22.8 Å². The molecule has 29 heavy (non-hydrogen) atoms. The van der Waals surface area contributed by atoms with Gasteiger partial charge in [-0.2, -0.15) is 18.3 Å². The lowest BCUT2D eigenvalue weighted by molar-refractivity contribution is -0.137. The summed E-state index contributed by atoms with van der Waals surface area (Å²) in [7, 11) is 0. The molecule has 11 heteroatoms. The molecule has 2 N–H and O–H groups in total. The van der Waals surface area contributed by atoms with Crippen molar-refractivity contribution in [1.29, 1.82) is 0 Å². The number of halogens is 3. The highest BCUT2D eigenvalue weighted by molar-refractivity contribution is 7.10. The van der Waals surface area contributed by atoms with E-state index in [1.54, 1.807) is 17.5 Å². The molecule has 7 nitrogen and oxygen atoms in total. The van der Waals surface area contributed by atoms with E-state index in [4.69, 9.17) is 0 Å². The third kappa shape index (κ3) is 5.19. The summed E-state index contributed by atoms with van der Waals surface area (Å²) in [6.45, 7) is 1.33. The van der Waals surface area contributed by atoms with Crippen LogP contribution in [0.4, 0.5) is 18.9 Å². The Morgan fingerprint density at radius 2 is 2.07 bits per heavy atom. The van der Waals surface area contributed by atoms with Crippen molar-refractivity contribution in [3.63, 3.8) is 0 Å². The number of benzene rings is 1. The molecule has 152 valence electrons. The zero-order chi connectivity index (χ0) is 21.0. The lowest BCUT2D eigenvalue weighted by Crippen LogP contribution is -2.29. The molecule has 1 atom stereocenters. The molecule has 0 saturated heterocycles. The van der Waals surface area contributed by atoms with Crippen LogP contribution in [0.15, 0.2) is 48.4 Å². The van der Waals surface area contributed by atoms with Gasteiger partial charge in [-0.25, -0.2) is 9.67 Å². The zero-order valence-electron chi connectivity index (χ0n) is 15.1. The number of alkyl halides is 3. The van der Waals surface area contributed by atoms with Crippen LogP contribution in [0.3, 0.4) is 0 Å². The van der Waals surface area contributed by atoms with Crippen LogP contribution in [0.5, 0.6) is 0 Å². The van der Waals surface area contributed by atoms with Crippen LogP contribution in [-0.2, 0) is 15.8 Å². The largest absolute Gasteiger partial charge is 0.416 e. The van der Waals surface area contributed by atoms with Gasteiger partial charge in [-0.15, -0.1) is 11.3 Å². The van der Waals surface area contributed by atoms with Gasteiger partial charge in [0.05, 0.1) is 29.4 Å². The first kappa shape index (κ1) is 20.5. The van der Waals surface area contributed by atoms with Gasteiger partial charge in [0.25, 0.3) is 0 Å². The average Bonchev–Trinajstić information content (AvgIpc) is 3.34. The maximum atomic E-state index is 13.1. The fourth-order valence-electron chi connectivity index (χ4n) is 2.69. The lowest BCUT2D eigenvalue weighted by atomic mass is 10.1. The molecule has 3 rings (SSSR count). The summed E-state index contributed by atoms with van der Waals surface area (Å²) in [5.74, 6) is -0.878. The minimum Gasteiger partial charge on any atom is -0.348 e. The van der Waals surface area contributed by atoms with Crippen LogP contribution >= 0.6 is 11.3 Å². The highest BCUT2D eigenvalue weighted by Gasteiger charge is 2.31. The van der Waals surface area contributed by atoms with E-state index in [1.165, 1.54) is 41.7 Å². The first-order chi connectivity index (χ1) is 13.7. The molecule has 0 saturated carbocycles. The number of amides is 2. The number of carbonyl (C=O) groups excluding carboxylic acids is 2. The van der Waals surface area contributed by atoms with Gasteiger partial charge in [0.15, 0.2) is 0 Å². The highest BCUT2D eigenvalue weighted by atomic mass is 32.1. The van der Waals surface area contributed by atoms with Gasteiger partial charge in [-0.1, -0.05) is 6.07 Å². The van der Waals surface area contributed by atoms with Crippen LogP contribution < -0.4 is 10.6 Å². The van der Waals surface area contributed by atoms with Crippen LogP contribution in [0.1, 0.15) is 29.8 Å². The Kier molecular flexibility index (Phi) is 5.97.